The molecule has 1 aliphatic carbocycles. The number of benzene rings is 5. The molecule has 0 saturated carbocycles. The van der Waals surface area contributed by atoms with E-state index in [1.165, 1.54) is 18.2 Å². The molecule has 0 radical (unpaired) electrons. The summed E-state index contributed by atoms with van der Waals surface area (Å²) in [6.07, 6.45) is -0.651. The van der Waals surface area contributed by atoms with Crippen LogP contribution in [0.15, 0.2) is 123 Å². The Morgan fingerprint density at radius 1 is 0.652 bits per heavy atom. The van der Waals surface area contributed by atoms with Crippen molar-refractivity contribution in [1.82, 2.24) is 16.0 Å². The van der Waals surface area contributed by atoms with E-state index in [-0.39, 0.29) is 99.6 Å². The molecule has 7 rings (SSSR count). The van der Waals surface area contributed by atoms with Crippen LogP contribution in [0.5, 0.6) is 0 Å². The third-order valence-corrected chi connectivity index (χ3v) is 16.9. The van der Waals surface area contributed by atoms with Gasteiger partial charge >= 0.3 is 17.9 Å². The van der Waals surface area contributed by atoms with Gasteiger partial charge in [-0.25, -0.2) is 4.79 Å². The number of nitrogens with one attached hydrogen (secondary N) is 4. The van der Waals surface area contributed by atoms with Gasteiger partial charge in [-0.3, -0.25) is 43.3 Å². The van der Waals surface area contributed by atoms with E-state index in [0.717, 1.165) is 51.4 Å². The lowest BCUT2D eigenvalue weighted by Gasteiger charge is -2.21. The zero-order valence-electron chi connectivity index (χ0n) is 47.7. The number of nitrogen functional groups attached to an aromatic ring is 1. The van der Waals surface area contributed by atoms with Crippen LogP contribution in [0.2, 0.25) is 0 Å². The first-order valence-corrected chi connectivity index (χ1v) is 31.6. The highest BCUT2D eigenvalue weighted by Gasteiger charge is 2.33. The molecule has 25 nitrogen and oxygen atoms in total. The maximum atomic E-state index is 13.6. The largest absolute Gasteiger partial charge is 0.481 e. The summed E-state index contributed by atoms with van der Waals surface area (Å²) in [5.74, 6) is -8.06. The maximum absolute atomic E-state index is 13.6. The predicted molar refractivity (Wildman–Crippen MR) is 324 cm³/mol. The first kappa shape index (κ1) is 67.8. The number of thiophene rings is 1. The fraction of sp³-hybridized carbons (Fsp3) is 0.311. The Morgan fingerprint density at radius 2 is 1.28 bits per heavy atom. The zero-order valence-corrected chi connectivity index (χ0v) is 50.2. The Balaban J connectivity index is 0.808. The van der Waals surface area contributed by atoms with Crippen molar-refractivity contribution in [3.8, 4) is 44.0 Å². The highest BCUT2D eigenvalue weighted by atomic mass is 32.2. The number of aryl methyl sites for hydroxylation is 1. The quantitative estimate of drug-likeness (QED) is 0.00831. The van der Waals surface area contributed by atoms with Crippen molar-refractivity contribution >= 4 is 89.6 Å². The van der Waals surface area contributed by atoms with Crippen molar-refractivity contribution in [3.63, 3.8) is 0 Å². The molecule has 2 heterocycles. The molecule has 2 aliphatic rings. The number of aliphatic carboxylic acids is 2. The molecule has 3 amide bonds. The van der Waals surface area contributed by atoms with Crippen LogP contribution >= 0.6 is 11.3 Å². The summed E-state index contributed by atoms with van der Waals surface area (Å²) in [4.78, 5) is 88.1. The number of carboxylic acids is 3. The Hall–Kier alpha value is -8.74. The van der Waals surface area contributed by atoms with Crippen molar-refractivity contribution in [3.05, 3.63) is 131 Å². The summed E-state index contributed by atoms with van der Waals surface area (Å²) < 4.78 is 92.9. The number of fused-ring (bicyclic) bond motifs is 2. The smallest absolute Gasteiger partial charge is 0.336 e. The Labute approximate surface area is 514 Å². The molecule has 0 saturated heterocycles. The number of nitrogens with two attached hydrogens (primary N) is 1. The van der Waals surface area contributed by atoms with Crippen LogP contribution in [0.4, 0.5) is 5.69 Å². The summed E-state index contributed by atoms with van der Waals surface area (Å²) in [7, 11) is -10.5. The predicted octanol–water partition coefficient (Wildman–Crippen LogP) is 6.95. The zero-order chi connectivity index (χ0) is 64.4. The lowest BCUT2D eigenvalue weighted by Crippen LogP contribution is -2.43. The molecule has 0 spiro atoms. The average molecular weight is 1280 g/mol. The standard InChI is InChI=1S/C61H65N5O20S3/c62-46-18-16-43-54(44-17-19-47(63)58(89(80,81)82)56(44)86-55(43)57(46)88(77,78)79)45-32-39(13-15-42(45)61(75)76)59(73)64-24-4-26-83-28-30-85-31-29-84-27-5-25-65-60(74)40(14-22-52(69)70)33-49(67)48(20-23-53(71)72)66-51(68)21-10-36-8-11-38(12-9-36)50-34-41(35-87-50)37-6-2-1-3-7-37/h1-3,6-9,11-13,15-19,32,34-35,40,48,62H,4-5,10,14,20-31,33,63H2,(H,64,73)(H,65,74)(H,66,68)(H,69,70)(H,71,72)(H,75,76)(H,77,78,79)(H,80,81,82)/t40-,48+/m1/s1. The van der Waals surface area contributed by atoms with Crippen LogP contribution < -0.4 is 27.0 Å². The molecule has 1 aromatic heterocycles. The molecule has 2 atom stereocenters. The van der Waals surface area contributed by atoms with Crippen LogP contribution in [0, 0.1) is 11.3 Å². The van der Waals surface area contributed by atoms with Crippen LogP contribution in [0.25, 0.3) is 55.0 Å². The summed E-state index contributed by atoms with van der Waals surface area (Å²) >= 11 is 1.62. The van der Waals surface area contributed by atoms with Crippen LogP contribution in [-0.2, 0) is 64.8 Å². The number of carbonyl (C=O) groups is 7. The molecule has 1 aliphatic heterocycles. The number of ketones is 1. The SMILES string of the molecule is N=c1ccc2c(-c3cc(C(=O)NCCCOCCOCCOCCCNC(=O)[C@H](CCC(=O)O)CC(=O)[C@H](CCC(=O)O)NC(=O)CCc4ccc(-c5cc(-c6ccccc6)cs5)cc4)ccc3C(=O)O)c3ccc(N)c(S(=O)(=O)O)c3oc-2c1S(=O)(=O)O. The number of amides is 3. The maximum Gasteiger partial charge on any atom is 0.336 e. The van der Waals surface area contributed by atoms with E-state index in [4.69, 9.17) is 29.8 Å². The molecule has 0 unspecified atom stereocenters. The second kappa shape index (κ2) is 31.4. The number of hydrogen-bond donors (Lipinski definition) is 10. The fourth-order valence-electron chi connectivity index (χ4n) is 9.65. The number of aromatic carboxylic acids is 1. The van der Waals surface area contributed by atoms with Crippen LogP contribution in [-0.4, -0.2) is 141 Å². The Kier molecular flexibility index (Phi) is 23.9. The number of carbonyl (C=O) groups excluding carboxylic acids is 4. The lowest BCUT2D eigenvalue weighted by molar-refractivity contribution is -0.139. The van der Waals surface area contributed by atoms with Gasteiger partial charge in [0, 0.05) is 84.9 Å². The molecule has 472 valence electrons. The second-order valence-electron chi connectivity index (χ2n) is 20.4. The van der Waals surface area contributed by atoms with Gasteiger partial charge in [-0.05, 0) is 114 Å². The van der Waals surface area contributed by atoms with Gasteiger partial charge in [-0.2, -0.15) is 16.8 Å². The van der Waals surface area contributed by atoms with Gasteiger partial charge in [0.15, 0.2) is 26.9 Å². The van der Waals surface area contributed by atoms with Crippen molar-refractivity contribution < 1.29 is 93.5 Å². The van der Waals surface area contributed by atoms with E-state index in [1.54, 1.807) is 11.3 Å². The topological polar surface area (TPSA) is 416 Å². The first-order chi connectivity index (χ1) is 42.4. The van der Waals surface area contributed by atoms with Crippen molar-refractivity contribution in [1.29, 1.82) is 5.41 Å². The van der Waals surface area contributed by atoms with Gasteiger partial charge in [0.1, 0.15) is 0 Å². The van der Waals surface area contributed by atoms with Gasteiger partial charge in [-0.15, -0.1) is 11.3 Å². The minimum atomic E-state index is -5.26. The summed E-state index contributed by atoms with van der Waals surface area (Å²) in [5.41, 5.74) is 7.56. The van der Waals surface area contributed by atoms with Crippen molar-refractivity contribution in [2.45, 2.75) is 73.6 Å². The minimum Gasteiger partial charge on any atom is -0.481 e. The molecule has 0 fully saturated rings. The normalized spacial score (nSPS) is 12.3. The minimum absolute atomic E-state index is 0.00447. The monoisotopic (exact) mass is 1280 g/mol. The number of hydrogen-bond acceptors (Lipinski definition) is 18. The number of carboxylic acid groups (broad SMARTS) is 3. The van der Waals surface area contributed by atoms with E-state index < -0.39 is 131 Å². The van der Waals surface area contributed by atoms with Crippen LogP contribution in [0.3, 0.4) is 0 Å². The van der Waals surface area contributed by atoms with E-state index in [2.05, 4.69) is 27.4 Å². The molecule has 11 N–H and O–H groups in total. The number of Topliss-reactive ketones (excluding diaryl/α,β-unsaturated/α-hetero) is 1. The highest BCUT2D eigenvalue weighted by Crippen LogP contribution is 2.46. The molecule has 0 bridgehead atoms. The van der Waals surface area contributed by atoms with E-state index in [9.17, 15) is 74.8 Å². The molecule has 89 heavy (non-hydrogen) atoms. The third-order valence-electron chi connectivity index (χ3n) is 14.0. The molecular weight excluding hydrogens is 1220 g/mol. The number of rotatable bonds is 35. The number of ether oxygens (including phenoxy) is 3. The lowest BCUT2D eigenvalue weighted by atomic mass is 9.89. The average Bonchev–Trinajstić information content (AvgIpc) is 1.17. The van der Waals surface area contributed by atoms with Crippen LogP contribution in [0.1, 0.15) is 77.6 Å². The Morgan fingerprint density at radius 3 is 1.91 bits per heavy atom. The number of anilines is 1. The van der Waals surface area contributed by atoms with Gasteiger partial charge < -0.3 is 55.6 Å². The van der Waals surface area contributed by atoms with Gasteiger partial charge in [-0.1, -0.05) is 54.6 Å². The van der Waals surface area contributed by atoms with E-state index in [1.807, 2.05) is 54.6 Å². The second-order valence-corrected chi connectivity index (χ2v) is 24.0. The molecule has 5 aromatic rings. The van der Waals surface area contributed by atoms with Crippen molar-refractivity contribution in [2.24, 2.45) is 5.92 Å². The molecular formula is C61H65N5O20S3. The Bertz CT molecular complexity index is 3980. The van der Waals surface area contributed by atoms with Crippen molar-refractivity contribution in [2.75, 3.05) is 58.5 Å². The van der Waals surface area contributed by atoms with Gasteiger partial charge in [0.25, 0.3) is 26.1 Å². The van der Waals surface area contributed by atoms with E-state index >= 15 is 0 Å². The van der Waals surface area contributed by atoms with Gasteiger partial charge in [0.2, 0.25) is 11.8 Å². The summed E-state index contributed by atoms with van der Waals surface area (Å²) in [6, 6.07) is 26.6. The highest BCUT2D eigenvalue weighted by molar-refractivity contribution is 7.86. The third kappa shape index (κ3) is 18.9. The summed E-state index contributed by atoms with van der Waals surface area (Å²) in [6.45, 7) is 1.36. The summed E-state index contributed by atoms with van der Waals surface area (Å²) in [5, 5.41) is 46.4. The first-order valence-electron chi connectivity index (χ1n) is 27.9. The molecule has 28 heteroatoms. The van der Waals surface area contributed by atoms with E-state index in [0.29, 0.717) is 19.3 Å². The van der Waals surface area contributed by atoms with Gasteiger partial charge in [0.05, 0.1) is 49.1 Å². The fourth-order valence-corrected chi connectivity index (χ4v) is 12.1. The molecule has 4 aromatic carbocycles.